The van der Waals surface area contributed by atoms with Crippen LogP contribution in [-0.4, -0.2) is 9.13 Å². The highest BCUT2D eigenvalue weighted by Gasteiger charge is 2.39. The van der Waals surface area contributed by atoms with Gasteiger partial charge in [0, 0.05) is 97.4 Å². The maximum Gasteiger partial charge on any atom is 0.0541 e. The van der Waals surface area contributed by atoms with Crippen LogP contribution in [0.25, 0.3) is 55.0 Å². The molecule has 2 heterocycles. The first-order valence-electron chi connectivity index (χ1n) is 37.2. The molecule has 0 saturated carbocycles. The summed E-state index contributed by atoms with van der Waals surface area (Å²) >= 11 is 0. The fraction of sp³-hybridized carbons (Fsp3) is 0.00971. The van der Waals surface area contributed by atoms with Crippen LogP contribution in [-0.2, 0) is 5.75 Å². The quantitative estimate of drug-likeness (QED) is 0.0764. The molecule has 0 N–H and O–H groups in total. The second-order valence-corrected chi connectivity index (χ2v) is 40.1. The maximum absolute atomic E-state index is 2.59. The number of fused-ring (bicyclic) bond motifs is 6. The molecule has 0 atom stereocenters. The van der Waals surface area contributed by atoms with Gasteiger partial charge < -0.3 is 9.13 Å². The summed E-state index contributed by atoms with van der Waals surface area (Å²) in [5.41, 5.74) is 8.05. The zero-order valence-electron chi connectivity index (χ0n) is 60.1. The van der Waals surface area contributed by atoms with Crippen molar-refractivity contribution in [2.45, 2.75) is 79.2 Å². The first-order chi connectivity index (χ1) is 54.1. The van der Waals surface area contributed by atoms with Crippen LogP contribution in [0.5, 0.6) is 0 Å². The van der Waals surface area contributed by atoms with Gasteiger partial charge in [-0.25, -0.2) is 0 Å². The van der Waals surface area contributed by atoms with Gasteiger partial charge in [-0.1, -0.05) is 231 Å². The maximum atomic E-state index is 2.59. The van der Waals surface area contributed by atoms with Gasteiger partial charge >= 0.3 is 0 Å². The summed E-state index contributed by atoms with van der Waals surface area (Å²) < 4.78 is 5.07. The van der Waals surface area contributed by atoms with Crippen molar-refractivity contribution in [1.82, 2.24) is 9.13 Å². The van der Waals surface area contributed by atoms with Gasteiger partial charge in [0.1, 0.15) is 0 Å². The van der Waals surface area contributed by atoms with Crippen molar-refractivity contribution in [3.05, 3.63) is 467 Å². The zero-order valence-corrected chi connectivity index (χ0v) is 63.4. The Kier molecular flexibility index (Phi) is 17.8. The lowest BCUT2D eigenvalue weighted by molar-refractivity contribution is 1.14. The average Bonchev–Trinajstić information content (AvgIpc) is 1.67. The van der Waals surface area contributed by atoms with Crippen LogP contribution in [0.3, 0.4) is 0 Å². The van der Waals surface area contributed by atoms with E-state index in [1.165, 1.54) is 101 Å². The van der Waals surface area contributed by atoms with Crippen molar-refractivity contribution in [1.29, 1.82) is 0 Å². The Morgan fingerprint density at radius 2 is 0.339 bits per heavy atom. The molecular weight excluding hydrogens is 1390 g/mol. The van der Waals surface area contributed by atoms with Crippen molar-refractivity contribution in [3.63, 3.8) is 0 Å². The van der Waals surface area contributed by atoms with Crippen molar-refractivity contribution in [2.24, 2.45) is 0 Å². The summed E-state index contributed by atoms with van der Waals surface area (Å²) in [7, 11) is -8.16. The van der Waals surface area contributed by atoms with Gasteiger partial charge in [0.15, 0.2) is 0 Å². The van der Waals surface area contributed by atoms with Crippen LogP contribution in [0.2, 0.25) is 0 Å². The minimum Gasteiger partial charge on any atom is -0.309 e. The zero-order chi connectivity index (χ0) is 72.6. The molecule has 524 valence electrons. The second kappa shape index (κ2) is 28.8. The lowest BCUT2D eigenvalue weighted by Gasteiger charge is -2.42. The topological polar surface area (TPSA) is 9.86 Å². The van der Waals surface area contributed by atoms with E-state index in [1.54, 1.807) is 0 Å². The van der Waals surface area contributed by atoms with Crippen LogP contribution >= 0.6 is 40.1 Å². The molecule has 0 bridgehead atoms. The van der Waals surface area contributed by atoms with E-state index in [4.69, 9.17) is 0 Å². The number of hydrogen-bond acceptors (Lipinski definition) is 0. The Bertz CT molecular complexity index is 5860. The fourth-order valence-electron chi connectivity index (χ4n) is 16.9. The van der Waals surface area contributed by atoms with Gasteiger partial charge in [-0.15, -0.1) is 30.1 Å². The second-order valence-electron chi connectivity index (χ2n) is 27.6. The third kappa shape index (κ3) is 11.3. The number of nitrogens with zero attached hydrogens (tertiary/aromatic N) is 2. The van der Waals surface area contributed by atoms with Gasteiger partial charge in [-0.2, -0.15) is 10.0 Å². The van der Waals surface area contributed by atoms with E-state index in [1.807, 2.05) is 0 Å². The Morgan fingerprint density at radius 1 is 0.156 bits per heavy atom. The molecule has 2 nitrogen and oxygen atoms in total. The van der Waals surface area contributed by atoms with E-state index in [-0.39, 0.29) is 0 Å². The lowest BCUT2D eigenvalue weighted by Crippen LogP contribution is -2.07. The number of hydrogen-bond donors (Lipinski definition) is 0. The first-order valence-corrected chi connectivity index (χ1v) is 43.9. The van der Waals surface area contributed by atoms with Crippen LogP contribution < -0.4 is 0 Å². The Hall–Kier alpha value is -12.3. The first kappa shape index (κ1) is 67.4. The van der Waals surface area contributed by atoms with Crippen molar-refractivity contribution < 1.29 is 0 Å². The van der Waals surface area contributed by atoms with E-state index in [0.29, 0.717) is 0 Å². The minimum absolute atomic E-state index is 0.845. The third-order valence-electron chi connectivity index (χ3n) is 21.6. The summed E-state index contributed by atoms with van der Waals surface area (Å²) in [6.07, 6.45) is 0. The molecule has 0 fully saturated rings. The van der Waals surface area contributed by atoms with E-state index in [0.717, 1.165) is 39.2 Å². The molecular formula is C103H78N2S4. The van der Waals surface area contributed by atoms with Gasteiger partial charge in [-0.3, -0.25) is 0 Å². The van der Waals surface area contributed by atoms with Crippen LogP contribution in [0, 0.1) is 0 Å². The Labute approximate surface area is 644 Å². The van der Waals surface area contributed by atoms with E-state index >= 15 is 0 Å². The monoisotopic (exact) mass is 1470 g/mol. The van der Waals surface area contributed by atoms with E-state index < -0.39 is 40.1 Å². The summed E-state index contributed by atoms with van der Waals surface area (Å²) in [5.74, 6) is 0.845. The predicted molar refractivity (Wildman–Crippen MR) is 460 cm³/mol. The summed E-state index contributed by atoms with van der Waals surface area (Å²) in [5, 5.41) is 4.82. The van der Waals surface area contributed by atoms with Crippen molar-refractivity contribution >= 4 is 83.7 Å². The van der Waals surface area contributed by atoms with Crippen molar-refractivity contribution in [2.75, 3.05) is 0 Å². The van der Waals surface area contributed by atoms with Gasteiger partial charge in [0.05, 0.1) is 22.1 Å². The molecule has 19 aromatic rings. The van der Waals surface area contributed by atoms with Crippen LogP contribution in [0.15, 0.2) is 534 Å². The standard InChI is InChI=1S/C103H78N2S4/c1-13-37-78(38-14-1)77-106(81-39-15-2-16-40-81,82-41-17-3-18-42-82)92-65-69-100-96(73-92)97-74-93(107(83-43-19-4-20-44-83,84-45-21-5-22-46-84)85-47-23-6-24-48-85)66-70-101(97)104(100)79-61-63-80(64-62-79)105-102-71-67-94(108(86-49-25-7-26-50-86,87-51-27-8-28-52-87)88-53-29-9-30-54-88)75-98(102)99-76-95(68-72-103(99)105)109(89-55-31-10-32-56-89,90-57-33-11-34-58-90)91-59-35-12-36-60-91/h1-76H,77H2. The van der Waals surface area contributed by atoms with Crippen LogP contribution in [0.1, 0.15) is 5.56 Å². The molecule has 0 aliphatic heterocycles. The SMILES string of the molecule is c1ccc(CS(c2ccccc2)(c2ccccc2)c2ccc3c(c2)c2cc(S(c4ccccc4)(c4ccccc4)c4ccccc4)ccc2n3-c2ccc(-n3c4ccc(S(c5ccccc5)(c5ccccc5)c5ccccc5)cc4c4cc(S(c5ccccc5)(c5ccccc5)c5ccccc5)ccc43)cc2)cc1. The smallest absolute Gasteiger partial charge is 0.0541 e. The van der Waals surface area contributed by atoms with Gasteiger partial charge in [0.2, 0.25) is 0 Å². The Balaban J connectivity index is 0.866. The molecule has 6 heteroatoms. The highest BCUT2D eigenvalue weighted by Crippen LogP contribution is 2.77. The number of benzene rings is 17. The van der Waals surface area contributed by atoms with Crippen LogP contribution in [0.4, 0.5) is 0 Å². The highest BCUT2D eigenvalue weighted by atomic mass is 32.3. The van der Waals surface area contributed by atoms with Gasteiger partial charge in [0.25, 0.3) is 0 Å². The predicted octanol–water partition coefficient (Wildman–Crippen LogP) is 29.4. The number of aromatic nitrogens is 2. The summed E-state index contributed by atoms with van der Waals surface area (Å²) in [6, 6.07) is 174. The molecule has 17 aromatic carbocycles. The Morgan fingerprint density at radius 3 is 0.560 bits per heavy atom. The largest absolute Gasteiger partial charge is 0.309 e. The molecule has 109 heavy (non-hydrogen) atoms. The molecule has 0 spiro atoms. The third-order valence-corrected chi connectivity index (χ3v) is 37.3. The van der Waals surface area contributed by atoms with Crippen molar-refractivity contribution in [3.8, 4) is 11.4 Å². The molecule has 0 aliphatic carbocycles. The minimum atomic E-state index is -2.07. The number of rotatable bonds is 19. The molecule has 19 rings (SSSR count). The molecule has 0 aliphatic rings. The molecule has 0 amide bonds. The molecule has 0 saturated heterocycles. The van der Waals surface area contributed by atoms with Gasteiger partial charge in [-0.05, 0) is 251 Å². The molecule has 2 aromatic heterocycles. The van der Waals surface area contributed by atoms with E-state index in [2.05, 4.69) is 470 Å². The normalized spacial score (nSPS) is 12.7. The molecule has 0 unspecified atom stereocenters. The fourth-order valence-corrected chi connectivity index (χ4v) is 32.5. The van der Waals surface area contributed by atoms with E-state index in [9.17, 15) is 0 Å². The summed E-state index contributed by atoms with van der Waals surface area (Å²) in [4.78, 5) is 19.4. The summed E-state index contributed by atoms with van der Waals surface area (Å²) in [6.45, 7) is 0. The average molecular weight is 1470 g/mol. The molecule has 0 radical (unpaired) electrons. The highest BCUT2D eigenvalue weighted by molar-refractivity contribution is 8.35. The lowest BCUT2D eigenvalue weighted by atomic mass is 10.1.